The Morgan fingerprint density at radius 1 is 1.53 bits per heavy atom. The van der Waals surface area contributed by atoms with Crippen LogP contribution in [0.2, 0.25) is 0 Å². The van der Waals surface area contributed by atoms with Crippen LogP contribution < -0.4 is 10.6 Å². The molecule has 3 nitrogen and oxygen atoms in total. The number of rotatable bonds is 2. The first-order chi connectivity index (χ1) is 9.15. The van der Waals surface area contributed by atoms with E-state index in [9.17, 15) is 0 Å². The largest absolute Gasteiger partial charge is 0.389 e. The molecule has 1 atom stereocenters. The van der Waals surface area contributed by atoms with Gasteiger partial charge in [-0.25, -0.2) is 4.98 Å². The molecule has 3 rings (SSSR count). The Morgan fingerprint density at radius 3 is 3.11 bits per heavy atom. The molecule has 1 aliphatic heterocycles. The number of hydrogen-bond donors (Lipinski definition) is 1. The Bertz CT molecular complexity index is 516. The normalized spacial score (nSPS) is 22.4. The molecule has 0 spiro atoms. The van der Waals surface area contributed by atoms with E-state index in [4.69, 9.17) is 22.9 Å². The summed E-state index contributed by atoms with van der Waals surface area (Å²) in [5.74, 6) is 2.16. The van der Waals surface area contributed by atoms with Crippen LogP contribution in [0.5, 0.6) is 0 Å². The zero-order valence-electron chi connectivity index (χ0n) is 11.2. The number of hydrogen-bond acceptors (Lipinski definition) is 4. The highest BCUT2D eigenvalue weighted by molar-refractivity contribution is 8.00. The molecule has 2 N–H and O–H groups in total. The smallest absolute Gasteiger partial charge is 0.139 e. The minimum atomic E-state index is 0.475. The molecule has 1 aromatic rings. The summed E-state index contributed by atoms with van der Waals surface area (Å²) < 4.78 is 0. The summed E-state index contributed by atoms with van der Waals surface area (Å²) >= 11 is 7.25. The Labute approximate surface area is 124 Å². The van der Waals surface area contributed by atoms with E-state index in [0.29, 0.717) is 10.2 Å². The predicted molar refractivity (Wildman–Crippen MR) is 86.3 cm³/mol. The SMILES string of the molecule is CC1CN(c2nc3c(cc2C(N)=S)CCC3)CCS1. The summed E-state index contributed by atoms with van der Waals surface area (Å²) in [6.45, 7) is 4.34. The third kappa shape index (κ3) is 2.58. The first-order valence-corrected chi connectivity index (χ1v) is 8.30. The molecule has 1 unspecified atom stereocenters. The van der Waals surface area contributed by atoms with Gasteiger partial charge in [-0.1, -0.05) is 19.1 Å². The fraction of sp³-hybridized carbons (Fsp3) is 0.571. The van der Waals surface area contributed by atoms with Gasteiger partial charge in [-0.3, -0.25) is 0 Å². The minimum absolute atomic E-state index is 0.475. The molecule has 1 saturated heterocycles. The van der Waals surface area contributed by atoms with Crippen molar-refractivity contribution in [3.63, 3.8) is 0 Å². The van der Waals surface area contributed by atoms with Crippen LogP contribution in [-0.4, -0.2) is 34.1 Å². The van der Waals surface area contributed by atoms with Crippen molar-refractivity contribution in [1.29, 1.82) is 0 Å². The second kappa shape index (κ2) is 5.29. The summed E-state index contributed by atoms with van der Waals surface area (Å²) in [5, 5.41) is 0.642. The second-order valence-electron chi connectivity index (χ2n) is 5.31. The van der Waals surface area contributed by atoms with E-state index in [2.05, 4.69) is 17.9 Å². The first kappa shape index (κ1) is 13.2. The van der Waals surface area contributed by atoms with Crippen molar-refractivity contribution in [2.45, 2.75) is 31.4 Å². The number of aryl methyl sites for hydroxylation is 2. The quantitative estimate of drug-likeness (QED) is 0.846. The van der Waals surface area contributed by atoms with E-state index in [0.717, 1.165) is 43.1 Å². The van der Waals surface area contributed by atoms with E-state index in [1.807, 2.05) is 11.8 Å². The Hall–Kier alpha value is -0.810. The molecule has 0 radical (unpaired) electrons. The van der Waals surface area contributed by atoms with E-state index in [1.165, 1.54) is 17.7 Å². The number of nitrogens with zero attached hydrogens (tertiary/aromatic N) is 2. The lowest BCUT2D eigenvalue weighted by Crippen LogP contribution is -2.38. The fourth-order valence-electron chi connectivity index (χ4n) is 2.89. The van der Waals surface area contributed by atoms with Crippen LogP contribution in [0.4, 0.5) is 5.82 Å². The zero-order valence-corrected chi connectivity index (χ0v) is 12.8. The Morgan fingerprint density at radius 2 is 2.37 bits per heavy atom. The van der Waals surface area contributed by atoms with Gasteiger partial charge in [0.05, 0.1) is 5.56 Å². The number of aromatic nitrogens is 1. The van der Waals surface area contributed by atoms with Crippen LogP contribution in [0.1, 0.15) is 30.2 Å². The van der Waals surface area contributed by atoms with Crippen molar-refractivity contribution in [2.24, 2.45) is 5.73 Å². The highest BCUT2D eigenvalue weighted by Gasteiger charge is 2.24. The first-order valence-electron chi connectivity index (χ1n) is 6.84. The number of anilines is 1. The molecule has 5 heteroatoms. The molecule has 0 saturated carbocycles. The van der Waals surface area contributed by atoms with Crippen LogP contribution in [0.25, 0.3) is 0 Å². The van der Waals surface area contributed by atoms with E-state index in [1.54, 1.807) is 0 Å². The maximum absolute atomic E-state index is 5.91. The molecule has 1 aromatic heterocycles. The Kier molecular flexibility index (Phi) is 3.67. The molecule has 0 bridgehead atoms. The van der Waals surface area contributed by atoms with Crippen LogP contribution in [-0.2, 0) is 12.8 Å². The van der Waals surface area contributed by atoms with Gasteiger partial charge in [-0.05, 0) is 30.9 Å². The molecule has 19 heavy (non-hydrogen) atoms. The van der Waals surface area contributed by atoms with Gasteiger partial charge in [0.15, 0.2) is 0 Å². The van der Waals surface area contributed by atoms with Crippen LogP contribution >= 0.6 is 24.0 Å². The van der Waals surface area contributed by atoms with Crippen LogP contribution in [0, 0.1) is 0 Å². The third-order valence-corrected chi connectivity index (χ3v) is 5.19. The topological polar surface area (TPSA) is 42.2 Å². The monoisotopic (exact) mass is 293 g/mol. The van der Waals surface area contributed by atoms with Gasteiger partial charge in [-0.15, -0.1) is 0 Å². The standard InChI is InChI=1S/C14H19N3S2/c1-9-8-17(5-6-19-9)14-11(13(15)18)7-10-3-2-4-12(10)16-14/h7,9H,2-6,8H2,1H3,(H2,15,18). The van der Waals surface area contributed by atoms with E-state index in [-0.39, 0.29) is 0 Å². The third-order valence-electron chi connectivity index (χ3n) is 3.84. The number of thioether (sulfide) groups is 1. The molecule has 102 valence electrons. The number of thiocarbonyl (C=S) groups is 1. The average molecular weight is 293 g/mol. The number of pyridine rings is 1. The van der Waals surface area contributed by atoms with Crippen molar-refractivity contribution in [3.05, 3.63) is 22.9 Å². The van der Waals surface area contributed by atoms with Gasteiger partial charge < -0.3 is 10.6 Å². The maximum atomic E-state index is 5.91. The van der Waals surface area contributed by atoms with Crippen LogP contribution in [0.3, 0.4) is 0 Å². The highest BCUT2D eigenvalue weighted by atomic mass is 32.2. The van der Waals surface area contributed by atoms with Gasteiger partial charge in [-0.2, -0.15) is 11.8 Å². The van der Waals surface area contributed by atoms with Gasteiger partial charge in [0.25, 0.3) is 0 Å². The van der Waals surface area contributed by atoms with E-state index < -0.39 is 0 Å². The molecule has 0 amide bonds. The van der Waals surface area contributed by atoms with Gasteiger partial charge >= 0.3 is 0 Å². The van der Waals surface area contributed by atoms with Gasteiger partial charge in [0, 0.05) is 29.8 Å². The maximum Gasteiger partial charge on any atom is 0.139 e. The lowest BCUT2D eigenvalue weighted by Gasteiger charge is -2.33. The van der Waals surface area contributed by atoms with Crippen molar-refractivity contribution in [2.75, 3.05) is 23.7 Å². The molecule has 2 aliphatic rings. The van der Waals surface area contributed by atoms with E-state index >= 15 is 0 Å². The average Bonchev–Trinajstić information content (AvgIpc) is 2.84. The minimum Gasteiger partial charge on any atom is -0.389 e. The van der Waals surface area contributed by atoms with Gasteiger partial charge in [0.1, 0.15) is 10.8 Å². The van der Waals surface area contributed by atoms with Crippen molar-refractivity contribution < 1.29 is 0 Å². The summed E-state index contributed by atoms with van der Waals surface area (Å²) in [7, 11) is 0. The molecule has 1 fully saturated rings. The molecular formula is C14H19N3S2. The lowest BCUT2D eigenvalue weighted by molar-refractivity contribution is 0.765. The highest BCUT2D eigenvalue weighted by Crippen LogP contribution is 2.30. The summed E-state index contributed by atoms with van der Waals surface area (Å²) in [5.41, 5.74) is 9.47. The van der Waals surface area contributed by atoms with Crippen molar-refractivity contribution in [3.8, 4) is 0 Å². The summed E-state index contributed by atoms with van der Waals surface area (Å²) in [6, 6.07) is 2.18. The van der Waals surface area contributed by atoms with Gasteiger partial charge in [0.2, 0.25) is 0 Å². The Balaban J connectivity index is 2.01. The lowest BCUT2D eigenvalue weighted by atomic mass is 10.1. The summed E-state index contributed by atoms with van der Waals surface area (Å²) in [4.78, 5) is 7.71. The fourth-order valence-corrected chi connectivity index (χ4v) is 4.06. The molecule has 1 aliphatic carbocycles. The number of fused-ring (bicyclic) bond motifs is 1. The number of nitrogens with two attached hydrogens (primary N) is 1. The molecular weight excluding hydrogens is 274 g/mol. The predicted octanol–water partition coefficient (Wildman–Crippen LogP) is 2.15. The molecule has 2 heterocycles. The van der Waals surface area contributed by atoms with Crippen molar-refractivity contribution in [1.82, 2.24) is 4.98 Å². The molecule has 0 aromatic carbocycles. The van der Waals surface area contributed by atoms with Crippen molar-refractivity contribution >= 4 is 34.8 Å². The summed E-state index contributed by atoms with van der Waals surface area (Å²) in [6.07, 6.45) is 3.41. The second-order valence-corrected chi connectivity index (χ2v) is 7.30. The zero-order chi connectivity index (χ0) is 13.4. The van der Waals surface area contributed by atoms with Crippen LogP contribution in [0.15, 0.2) is 6.07 Å².